The summed E-state index contributed by atoms with van der Waals surface area (Å²) in [5.41, 5.74) is 3.56. The molecule has 154 valence electrons. The molecule has 2 heterocycles. The Labute approximate surface area is 176 Å². The maximum Gasteiger partial charge on any atom is 0.151 e. The number of aromatic nitrogens is 3. The molecule has 1 N–H and O–H groups in total. The van der Waals surface area contributed by atoms with Crippen LogP contribution in [-0.2, 0) is 6.54 Å². The summed E-state index contributed by atoms with van der Waals surface area (Å²) in [7, 11) is 0. The lowest BCUT2D eigenvalue weighted by atomic mass is 10.1. The minimum Gasteiger partial charge on any atom is -0.304 e. The fraction of sp³-hybridized carbons (Fsp3) is 0.182. The summed E-state index contributed by atoms with van der Waals surface area (Å²) >= 11 is 1.52. The number of rotatable bonds is 6. The zero-order valence-corrected chi connectivity index (χ0v) is 17.2. The topological polar surface area (TPSA) is 42.7 Å². The summed E-state index contributed by atoms with van der Waals surface area (Å²) in [5, 5.41) is 10.5. The second kappa shape index (κ2) is 8.41. The first-order valence-electron chi connectivity index (χ1n) is 9.36. The maximum absolute atomic E-state index is 14.1. The highest BCUT2D eigenvalue weighted by Gasteiger charge is 2.17. The third-order valence-electron chi connectivity index (χ3n) is 4.90. The number of benzene rings is 2. The van der Waals surface area contributed by atoms with Crippen LogP contribution in [0.3, 0.4) is 0 Å². The van der Waals surface area contributed by atoms with E-state index in [1.165, 1.54) is 40.3 Å². The number of nitrogens with zero attached hydrogens (tertiary/aromatic N) is 3. The lowest BCUT2D eigenvalue weighted by Crippen LogP contribution is -2.18. The molecule has 1 atom stereocenters. The van der Waals surface area contributed by atoms with Crippen LogP contribution < -0.4 is 5.32 Å². The summed E-state index contributed by atoms with van der Waals surface area (Å²) in [4.78, 5) is 4.60. The highest BCUT2D eigenvalue weighted by molar-refractivity contribution is 7.09. The van der Waals surface area contributed by atoms with Crippen molar-refractivity contribution in [3.8, 4) is 16.9 Å². The Balaban J connectivity index is 1.45. The van der Waals surface area contributed by atoms with Gasteiger partial charge in [0.15, 0.2) is 5.82 Å². The van der Waals surface area contributed by atoms with Crippen molar-refractivity contribution in [2.75, 3.05) is 0 Å². The van der Waals surface area contributed by atoms with E-state index in [1.807, 2.05) is 19.2 Å². The molecule has 0 aliphatic rings. The molecule has 0 radical (unpaired) electrons. The van der Waals surface area contributed by atoms with Crippen molar-refractivity contribution in [3.05, 3.63) is 87.8 Å². The van der Waals surface area contributed by atoms with Crippen LogP contribution in [0.25, 0.3) is 16.9 Å². The fourth-order valence-electron chi connectivity index (χ4n) is 3.24. The predicted octanol–water partition coefficient (Wildman–Crippen LogP) is 5.57. The van der Waals surface area contributed by atoms with Gasteiger partial charge >= 0.3 is 0 Å². The van der Waals surface area contributed by atoms with Crippen LogP contribution in [-0.4, -0.2) is 14.8 Å². The Kier molecular flexibility index (Phi) is 5.69. The quantitative estimate of drug-likeness (QED) is 0.436. The molecule has 0 aliphatic carbocycles. The molecule has 30 heavy (non-hydrogen) atoms. The van der Waals surface area contributed by atoms with E-state index in [0.717, 1.165) is 33.6 Å². The highest BCUT2D eigenvalue weighted by Crippen LogP contribution is 2.25. The predicted molar refractivity (Wildman–Crippen MR) is 111 cm³/mol. The molecule has 4 aromatic rings. The normalized spacial score (nSPS) is 12.3. The number of nitrogens with one attached hydrogen (secondary N) is 1. The van der Waals surface area contributed by atoms with Crippen molar-refractivity contribution in [3.63, 3.8) is 0 Å². The first-order chi connectivity index (χ1) is 14.4. The van der Waals surface area contributed by atoms with Crippen LogP contribution in [0.15, 0.2) is 54.0 Å². The molecule has 0 unspecified atom stereocenters. The molecule has 0 amide bonds. The van der Waals surface area contributed by atoms with Crippen molar-refractivity contribution in [1.82, 2.24) is 20.1 Å². The Bertz CT molecular complexity index is 1170. The zero-order chi connectivity index (χ0) is 21.3. The lowest BCUT2D eigenvalue weighted by Gasteiger charge is -2.13. The molecular formula is C22H19F3N4S. The maximum atomic E-state index is 14.1. The van der Waals surface area contributed by atoms with E-state index < -0.39 is 11.6 Å². The van der Waals surface area contributed by atoms with Crippen molar-refractivity contribution >= 4 is 11.3 Å². The van der Waals surface area contributed by atoms with Crippen molar-refractivity contribution in [2.45, 2.75) is 26.4 Å². The minimum atomic E-state index is -0.663. The molecule has 2 aromatic heterocycles. The van der Waals surface area contributed by atoms with Crippen molar-refractivity contribution in [1.29, 1.82) is 0 Å². The van der Waals surface area contributed by atoms with E-state index >= 15 is 0 Å². The van der Waals surface area contributed by atoms with E-state index in [1.54, 1.807) is 18.3 Å². The molecule has 4 nitrogen and oxygen atoms in total. The minimum absolute atomic E-state index is 0.0552. The van der Waals surface area contributed by atoms with E-state index in [2.05, 4.69) is 15.4 Å². The fourth-order valence-corrected chi connectivity index (χ4v) is 3.99. The van der Waals surface area contributed by atoms with Gasteiger partial charge in [0.1, 0.15) is 22.3 Å². The number of thiazole rings is 1. The summed E-state index contributed by atoms with van der Waals surface area (Å²) in [6, 6.07) is 9.62. The molecule has 0 aliphatic heterocycles. The summed E-state index contributed by atoms with van der Waals surface area (Å²) in [6.07, 6.45) is 1.68. The number of hydrogen-bond acceptors (Lipinski definition) is 4. The zero-order valence-electron chi connectivity index (χ0n) is 16.4. The molecule has 2 aromatic carbocycles. The van der Waals surface area contributed by atoms with E-state index in [0.29, 0.717) is 6.54 Å². The Hall–Kier alpha value is -2.97. The second-order valence-corrected chi connectivity index (χ2v) is 7.87. The van der Waals surface area contributed by atoms with Gasteiger partial charge < -0.3 is 5.32 Å². The highest BCUT2D eigenvalue weighted by atomic mass is 32.1. The first-order valence-corrected chi connectivity index (χ1v) is 10.2. The Morgan fingerprint density at radius 2 is 1.80 bits per heavy atom. The smallest absolute Gasteiger partial charge is 0.151 e. The summed E-state index contributed by atoms with van der Waals surface area (Å²) < 4.78 is 41.9. The first kappa shape index (κ1) is 20.3. The molecular weight excluding hydrogens is 409 g/mol. The molecule has 0 spiro atoms. The van der Waals surface area contributed by atoms with Gasteiger partial charge in [0.2, 0.25) is 0 Å². The largest absolute Gasteiger partial charge is 0.304 e. The standard InChI is InChI=1S/C22H19F3N4S/c1-13(18-10-27-29(14(18)2)21-8-7-17(24)9-19(21)25)26-11-22-28-20(12-30-22)15-3-5-16(23)6-4-15/h3-10,12-13,26H,11H2,1-2H3/t13-/m1/s1. The average Bonchev–Trinajstić information content (AvgIpc) is 3.34. The van der Waals surface area contributed by atoms with Crippen molar-refractivity contribution in [2.24, 2.45) is 0 Å². The van der Waals surface area contributed by atoms with Crippen LogP contribution in [0.1, 0.15) is 29.2 Å². The van der Waals surface area contributed by atoms with Crippen LogP contribution in [0, 0.1) is 24.4 Å². The SMILES string of the molecule is Cc1c([C@@H](C)NCc2nc(-c3ccc(F)cc3)cs2)cnn1-c1ccc(F)cc1F. The van der Waals surface area contributed by atoms with Gasteiger partial charge in [-0.1, -0.05) is 0 Å². The van der Waals surface area contributed by atoms with Gasteiger partial charge in [-0.05, 0) is 50.2 Å². The Morgan fingerprint density at radius 3 is 2.53 bits per heavy atom. The van der Waals surface area contributed by atoms with Gasteiger partial charge in [-0.2, -0.15) is 5.10 Å². The second-order valence-electron chi connectivity index (χ2n) is 6.93. The van der Waals surface area contributed by atoms with E-state index in [9.17, 15) is 13.2 Å². The summed E-state index contributed by atoms with van der Waals surface area (Å²) in [5.74, 6) is -1.56. The molecule has 4 rings (SSSR count). The van der Waals surface area contributed by atoms with E-state index in [-0.39, 0.29) is 17.5 Å². The summed E-state index contributed by atoms with van der Waals surface area (Å²) in [6.45, 7) is 4.38. The van der Waals surface area contributed by atoms with Crippen molar-refractivity contribution < 1.29 is 13.2 Å². The van der Waals surface area contributed by atoms with E-state index in [4.69, 9.17) is 0 Å². The average molecular weight is 428 g/mol. The number of halogens is 3. The van der Waals surface area contributed by atoms with Crippen LogP contribution in [0.4, 0.5) is 13.2 Å². The molecule has 0 saturated heterocycles. The van der Waals surface area contributed by atoms with Gasteiger partial charge in [0.05, 0.1) is 11.9 Å². The van der Waals surface area contributed by atoms with Gasteiger partial charge in [-0.15, -0.1) is 11.3 Å². The monoisotopic (exact) mass is 428 g/mol. The van der Waals surface area contributed by atoms with Crippen LogP contribution in [0.5, 0.6) is 0 Å². The van der Waals surface area contributed by atoms with Crippen LogP contribution in [0.2, 0.25) is 0 Å². The molecule has 0 fully saturated rings. The Morgan fingerprint density at radius 1 is 1.07 bits per heavy atom. The van der Waals surface area contributed by atoms with Gasteiger partial charge in [0, 0.05) is 40.9 Å². The van der Waals surface area contributed by atoms with Crippen LogP contribution >= 0.6 is 11.3 Å². The van der Waals surface area contributed by atoms with Gasteiger partial charge in [-0.25, -0.2) is 22.8 Å². The molecule has 0 bridgehead atoms. The third kappa shape index (κ3) is 4.15. The third-order valence-corrected chi connectivity index (χ3v) is 5.75. The molecule has 0 saturated carbocycles. The van der Waals surface area contributed by atoms with Gasteiger partial charge in [0.25, 0.3) is 0 Å². The lowest BCUT2D eigenvalue weighted by molar-refractivity contribution is 0.565. The number of hydrogen-bond donors (Lipinski definition) is 1. The van der Waals surface area contributed by atoms with Gasteiger partial charge in [-0.3, -0.25) is 0 Å². The molecule has 8 heteroatoms.